The van der Waals surface area contributed by atoms with Crippen LogP contribution in [-0.2, 0) is 26.0 Å². The highest BCUT2D eigenvalue weighted by Gasteiger charge is 2.21. The lowest BCUT2D eigenvalue weighted by atomic mass is 10.1. The molecule has 0 fully saturated rings. The summed E-state index contributed by atoms with van der Waals surface area (Å²) in [5.74, 6) is -1.15. The maximum atomic E-state index is 12.3. The normalized spacial score (nSPS) is 11.4. The lowest BCUT2D eigenvalue weighted by Gasteiger charge is -2.13. The third-order valence-corrected chi connectivity index (χ3v) is 6.56. The smallest absolute Gasteiger partial charge is 0.338 e. The minimum absolute atomic E-state index is 0.00884. The van der Waals surface area contributed by atoms with Crippen molar-refractivity contribution in [2.45, 2.75) is 18.2 Å². The third kappa shape index (κ3) is 5.62. The number of esters is 1. The highest BCUT2D eigenvalue weighted by molar-refractivity contribution is 7.89. The number of ether oxygens (including phenoxy) is 1. The monoisotopic (exact) mass is 410 g/mol. The highest BCUT2D eigenvalue weighted by Crippen LogP contribution is 2.19. The van der Waals surface area contributed by atoms with E-state index in [1.165, 1.54) is 32.3 Å². The molecule has 1 heterocycles. The van der Waals surface area contributed by atoms with E-state index in [1.807, 2.05) is 17.5 Å². The summed E-state index contributed by atoms with van der Waals surface area (Å²) < 4.78 is 30.5. The Morgan fingerprint density at radius 3 is 2.59 bits per heavy atom. The van der Waals surface area contributed by atoms with Gasteiger partial charge in [-0.2, -0.15) is 0 Å². The molecule has 9 heteroatoms. The van der Waals surface area contributed by atoms with E-state index in [0.717, 1.165) is 9.18 Å². The van der Waals surface area contributed by atoms with Crippen molar-refractivity contribution in [1.82, 2.24) is 9.62 Å². The van der Waals surface area contributed by atoms with Gasteiger partial charge in [0.05, 0.1) is 10.5 Å². The molecule has 1 N–H and O–H groups in total. The van der Waals surface area contributed by atoms with Crippen LogP contribution in [0.5, 0.6) is 0 Å². The molecule has 7 nitrogen and oxygen atoms in total. The van der Waals surface area contributed by atoms with E-state index in [4.69, 9.17) is 4.74 Å². The molecule has 0 unspecified atom stereocenters. The molecule has 0 radical (unpaired) electrons. The van der Waals surface area contributed by atoms with Crippen LogP contribution in [0.2, 0.25) is 0 Å². The van der Waals surface area contributed by atoms with Crippen LogP contribution in [0.4, 0.5) is 0 Å². The van der Waals surface area contributed by atoms with E-state index < -0.39 is 28.5 Å². The second kappa shape index (κ2) is 9.12. The number of thiophene rings is 1. The van der Waals surface area contributed by atoms with Crippen LogP contribution in [0.25, 0.3) is 0 Å². The van der Waals surface area contributed by atoms with Gasteiger partial charge in [0.2, 0.25) is 10.0 Å². The second-order valence-corrected chi connectivity index (χ2v) is 9.20. The van der Waals surface area contributed by atoms with Gasteiger partial charge < -0.3 is 10.1 Å². The van der Waals surface area contributed by atoms with Crippen LogP contribution < -0.4 is 5.32 Å². The first kappa shape index (κ1) is 21.1. The first-order chi connectivity index (χ1) is 12.7. The summed E-state index contributed by atoms with van der Waals surface area (Å²) in [5, 5.41) is 4.65. The zero-order chi connectivity index (χ0) is 20.0. The zero-order valence-electron chi connectivity index (χ0n) is 15.4. The molecule has 0 atom stereocenters. The molecule has 1 aromatic heterocycles. The van der Waals surface area contributed by atoms with Crippen molar-refractivity contribution in [3.05, 3.63) is 51.7 Å². The summed E-state index contributed by atoms with van der Waals surface area (Å²) in [7, 11) is -0.846. The van der Waals surface area contributed by atoms with Gasteiger partial charge in [-0.15, -0.1) is 11.3 Å². The lowest BCUT2D eigenvalue weighted by molar-refractivity contribution is -0.124. The number of hydrogen-bond donors (Lipinski definition) is 1. The Balaban J connectivity index is 1.94. The first-order valence-electron chi connectivity index (χ1n) is 8.21. The molecule has 2 aromatic rings. The molecule has 27 heavy (non-hydrogen) atoms. The Bertz CT molecular complexity index is 906. The van der Waals surface area contributed by atoms with Crippen LogP contribution in [0.3, 0.4) is 0 Å². The zero-order valence-corrected chi connectivity index (χ0v) is 17.0. The molecule has 0 saturated carbocycles. The molecule has 0 aliphatic heterocycles. The summed E-state index contributed by atoms with van der Waals surface area (Å²) in [5.41, 5.74) is 0.681. The van der Waals surface area contributed by atoms with Crippen LogP contribution in [0, 0.1) is 6.92 Å². The Labute approximate surface area is 163 Å². The predicted molar refractivity (Wildman–Crippen MR) is 103 cm³/mol. The Hall–Kier alpha value is -2.23. The van der Waals surface area contributed by atoms with Gasteiger partial charge in [0.1, 0.15) is 0 Å². The van der Waals surface area contributed by atoms with Crippen molar-refractivity contribution in [3.8, 4) is 0 Å². The number of amides is 1. The minimum Gasteiger partial charge on any atom is -0.452 e. The molecule has 0 spiro atoms. The van der Waals surface area contributed by atoms with Gasteiger partial charge in [-0.25, -0.2) is 17.5 Å². The van der Waals surface area contributed by atoms with Gasteiger partial charge in [-0.3, -0.25) is 4.79 Å². The van der Waals surface area contributed by atoms with Gasteiger partial charge in [0.15, 0.2) is 6.61 Å². The average molecular weight is 411 g/mol. The van der Waals surface area contributed by atoms with E-state index in [2.05, 4.69) is 5.32 Å². The van der Waals surface area contributed by atoms with Gasteiger partial charge in [-0.1, -0.05) is 12.1 Å². The molecule has 1 aromatic carbocycles. The molecular weight excluding hydrogens is 388 g/mol. The summed E-state index contributed by atoms with van der Waals surface area (Å²) >= 11 is 1.61. The standard InChI is InChI=1S/C18H22N2O5S2/c1-13-6-7-15(27(23,24)20(2)3)11-16(13)18(22)25-12-17(21)19-9-8-14-5-4-10-26-14/h4-7,10-11H,8-9,12H2,1-3H3,(H,19,21). The Morgan fingerprint density at radius 1 is 1.22 bits per heavy atom. The SMILES string of the molecule is Cc1ccc(S(=O)(=O)N(C)C)cc1C(=O)OCC(=O)NCCc1cccs1. The van der Waals surface area contributed by atoms with Gasteiger partial charge >= 0.3 is 5.97 Å². The Morgan fingerprint density at radius 2 is 1.96 bits per heavy atom. The number of carbonyl (C=O) groups is 2. The van der Waals surface area contributed by atoms with Crippen molar-refractivity contribution in [2.75, 3.05) is 27.2 Å². The maximum absolute atomic E-state index is 12.3. The summed E-state index contributed by atoms with van der Waals surface area (Å²) in [6.45, 7) is 1.70. The fraction of sp³-hybridized carbons (Fsp3) is 0.333. The first-order valence-corrected chi connectivity index (χ1v) is 10.5. The minimum atomic E-state index is -3.67. The van der Waals surface area contributed by atoms with Crippen molar-refractivity contribution in [1.29, 1.82) is 0 Å². The number of nitrogens with one attached hydrogen (secondary N) is 1. The van der Waals surface area contributed by atoms with Crippen molar-refractivity contribution in [2.24, 2.45) is 0 Å². The molecule has 0 bridgehead atoms. The van der Waals surface area contributed by atoms with Crippen molar-refractivity contribution < 1.29 is 22.7 Å². The highest BCUT2D eigenvalue weighted by atomic mass is 32.2. The summed E-state index contributed by atoms with van der Waals surface area (Å²) in [4.78, 5) is 25.2. The van der Waals surface area contributed by atoms with Crippen molar-refractivity contribution in [3.63, 3.8) is 0 Å². The van der Waals surface area contributed by atoms with Crippen LogP contribution >= 0.6 is 11.3 Å². The van der Waals surface area contributed by atoms with Crippen LogP contribution in [0.15, 0.2) is 40.6 Å². The quantitative estimate of drug-likeness (QED) is 0.670. The van der Waals surface area contributed by atoms with E-state index in [0.29, 0.717) is 18.5 Å². The molecule has 1 amide bonds. The lowest BCUT2D eigenvalue weighted by Crippen LogP contribution is -2.30. The number of nitrogens with zero attached hydrogens (tertiary/aromatic N) is 1. The number of carbonyl (C=O) groups excluding carboxylic acids is 2. The number of rotatable bonds is 8. The van der Waals surface area contributed by atoms with Gasteiger partial charge in [0, 0.05) is 25.5 Å². The summed E-state index contributed by atoms with van der Waals surface area (Å²) in [6.07, 6.45) is 0.709. The van der Waals surface area contributed by atoms with Gasteiger partial charge in [0.25, 0.3) is 5.91 Å². The second-order valence-electron chi connectivity index (χ2n) is 6.02. The Kier molecular flexibility index (Phi) is 7.11. The fourth-order valence-electron chi connectivity index (χ4n) is 2.23. The van der Waals surface area contributed by atoms with Crippen molar-refractivity contribution >= 4 is 33.2 Å². The largest absolute Gasteiger partial charge is 0.452 e. The van der Waals surface area contributed by atoms with E-state index in [1.54, 1.807) is 18.3 Å². The van der Waals surface area contributed by atoms with Gasteiger partial charge in [-0.05, 0) is 42.5 Å². The number of sulfonamides is 1. The maximum Gasteiger partial charge on any atom is 0.338 e. The fourth-order valence-corrected chi connectivity index (χ4v) is 3.87. The molecule has 0 aliphatic carbocycles. The third-order valence-electron chi connectivity index (χ3n) is 3.82. The molecule has 0 saturated heterocycles. The van der Waals surface area contributed by atoms with E-state index in [-0.39, 0.29) is 10.5 Å². The molecule has 2 rings (SSSR count). The molecule has 0 aliphatic rings. The summed E-state index contributed by atoms with van der Waals surface area (Å²) in [6, 6.07) is 8.15. The van der Waals surface area contributed by atoms with Crippen LogP contribution in [0.1, 0.15) is 20.8 Å². The topological polar surface area (TPSA) is 92.8 Å². The number of hydrogen-bond acceptors (Lipinski definition) is 6. The van der Waals surface area contributed by atoms with Crippen LogP contribution in [-0.4, -0.2) is 51.8 Å². The molecular formula is C18H22N2O5S2. The predicted octanol–water partition coefficient (Wildman–Crippen LogP) is 1.82. The number of aryl methyl sites for hydroxylation is 1. The van der Waals surface area contributed by atoms with E-state index in [9.17, 15) is 18.0 Å². The van der Waals surface area contributed by atoms with E-state index >= 15 is 0 Å². The number of benzene rings is 1. The molecule has 146 valence electrons. The average Bonchev–Trinajstić information content (AvgIpc) is 3.13.